The van der Waals surface area contributed by atoms with Gasteiger partial charge in [-0.2, -0.15) is 0 Å². The highest BCUT2D eigenvalue weighted by molar-refractivity contribution is 5.71. The minimum atomic E-state index is -0.763. The van der Waals surface area contributed by atoms with E-state index in [-0.39, 0.29) is 31.1 Å². The van der Waals surface area contributed by atoms with Crippen molar-refractivity contribution in [2.24, 2.45) is 0 Å². The largest absolute Gasteiger partial charge is 0.462 e. The average molecular weight is 1060 g/mol. The Morgan fingerprint density at radius 3 is 0.667 bits per heavy atom. The zero-order valence-electron chi connectivity index (χ0n) is 51.1. The molecule has 444 valence electrons. The van der Waals surface area contributed by atoms with Gasteiger partial charge in [0.2, 0.25) is 0 Å². The molecule has 0 bridgehead atoms. The summed E-state index contributed by atoms with van der Waals surface area (Å²) in [6.45, 7) is 6.66. The second kappa shape index (κ2) is 64.7. The predicted molar refractivity (Wildman–Crippen MR) is 326 cm³/mol. The van der Waals surface area contributed by atoms with Crippen LogP contribution in [-0.2, 0) is 28.6 Å². The molecule has 0 N–H and O–H groups in total. The fraction of sp³-hybridized carbons (Fsp3) is 0.928. The second-order valence-electron chi connectivity index (χ2n) is 23.5. The number of hydrogen-bond donors (Lipinski definition) is 0. The molecule has 0 heterocycles. The molecular weight excluding hydrogens is 925 g/mol. The number of esters is 3. The maximum atomic E-state index is 12.9. The normalized spacial score (nSPS) is 12.0. The predicted octanol–water partition coefficient (Wildman–Crippen LogP) is 23.2. The van der Waals surface area contributed by atoms with Gasteiger partial charge in [0.1, 0.15) is 13.2 Å². The van der Waals surface area contributed by atoms with Crippen LogP contribution in [0, 0.1) is 0 Å². The standard InChI is InChI=1S/C69H132O6/c1-4-7-10-13-16-18-20-22-24-26-28-30-32-33-34-35-36-37-38-40-41-43-45-47-49-51-53-56-59-62-68(71)74-65-66(64-73-67(70)61-58-55-15-12-9-6-3)75-69(72)63-60-57-54-52-50-48-46-44-42-39-31-29-27-25-23-21-19-17-14-11-8-5-2/h26,28,66H,4-25,27,29-65H2,1-3H3/b28-26-. The molecule has 0 spiro atoms. The summed E-state index contributed by atoms with van der Waals surface area (Å²) < 4.78 is 16.8. The lowest BCUT2D eigenvalue weighted by Crippen LogP contribution is -2.30. The highest BCUT2D eigenvalue weighted by Crippen LogP contribution is 2.19. The molecule has 0 amide bonds. The van der Waals surface area contributed by atoms with E-state index in [1.54, 1.807) is 0 Å². The molecule has 0 aromatic heterocycles. The quantitative estimate of drug-likeness (QED) is 0.0261. The number of carbonyl (C=O) groups is 3. The van der Waals surface area contributed by atoms with Gasteiger partial charge in [0, 0.05) is 19.3 Å². The Labute approximate surface area is 469 Å². The van der Waals surface area contributed by atoms with Crippen LogP contribution in [0.5, 0.6) is 0 Å². The molecule has 0 fully saturated rings. The molecule has 0 saturated carbocycles. The van der Waals surface area contributed by atoms with Gasteiger partial charge in [-0.05, 0) is 44.9 Å². The van der Waals surface area contributed by atoms with Gasteiger partial charge in [-0.1, -0.05) is 341 Å². The minimum absolute atomic E-state index is 0.0635. The molecule has 1 atom stereocenters. The highest BCUT2D eigenvalue weighted by Gasteiger charge is 2.19. The van der Waals surface area contributed by atoms with Crippen LogP contribution in [0.4, 0.5) is 0 Å². The monoisotopic (exact) mass is 1060 g/mol. The Balaban J connectivity index is 3.96. The van der Waals surface area contributed by atoms with Crippen LogP contribution in [0.1, 0.15) is 393 Å². The van der Waals surface area contributed by atoms with Crippen LogP contribution in [0.25, 0.3) is 0 Å². The SMILES string of the molecule is CCCCCCCCCC/C=C\CCCCCCCCCCCCCCCCCCCC(=O)OCC(COC(=O)CCCCCCCC)OC(=O)CCCCCCCCCCCCCCCCCCCCCCCC. The molecule has 0 saturated heterocycles. The summed E-state index contributed by atoms with van der Waals surface area (Å²) in [6.07, 6.45) is 77.1. The van der Waals surface area contributed by atoms with Crippen molar-refractivity contribution in [1.82, 2.24) is 0 Å². The molecule has 0 aliphatic rings. The fourth-order valence-electron chi connectivity index (χ4n) is 10.6. The van der Waals surface area contributed by atoms with Crippen molar-refractivity contribution >= 4 is 17.9 Å². The van der Waals surface area contributed by atoms with Crippen molar-refractivity contribution in [3.8, 4) is 0 Å². The van der Waals surface area contributed by atoms with E-state index in [0.717, 1.165) is 57.8 Å². The Hall–Kier alpha value is -1.85. The number of hydrogen-bond acceptors (Lipinski definition) is 6. The van der Waals surface area contributed by atoms with Crippen molar-refractivity contribution in [2.75, 3.05) is 13.2 Å². The van der Waals surface area contributed by atoms with E-state index in [4.69, 9.17) is 14.2 Å². The van der Waals surface area contributed by atoms with Gasteiger partial charge in [-0.25, -0.2) is 0 Å². The lowest BCUT2D eigenvalue weighted by atomic mass is 10.0. The molecule has 0 radical (unpaired) electrons. The first-order valence-electron chi connectivity index (χ1n) is 34.2. The molecule has 75 heavy (non-hydrogen) atoms. The van der Waals surface area contributed by atoms with E-state index >= 15 is 0 Å². The van der Waals surface area contributed by atoms with Crippen molar-refractivity contribution in [3.63, 3.8) is 0 Å². The van der Waals surface area contributed by atoms with Crippen LogP contribution in [0.3, 0.4) is 0 Å². The van der Waals surface area contributed by atoms with E-state index in [2.05, 4.69) is 32.9 Å². The zero-order valence-corrected chi connectivity index (χ0v) is 51.1. The smallest absolute Gasteiger partial charge is 0.306 e. The van der Waals surface area contributed by atoms with Crippen molar-refractivity contribution in [2.45, 2.75) is 399 Å². The van der Waals surface area contributed by atoms with E-state index in [1.165, 1.54) is 295 Å². The van der Waals surface area contributed by atoms with Crippen LogP contribution in [0.2, 0.25) is 0 Å². The van der Waals surface area contributed by atoms with E-state index in [9.17, 15) is 14.4 Å². The molecule has 6 nitrogen and oxygen atoms in total. The zero-order chi connectivity index (χ0) is 54.3. The Morgan fingerprint density at radius 1 is 0.253 bits per heavy atom. The van der Waals surface area contributed by atoms with Crippen LogP contribution < -0.4 is 0 Å². The maximum Gasteiger partial charge on any atom is 0.306 e. The summed E-state index contributed by atoms with van der Waals surface area (Å²) in [4.78, 5) is 38.0. The lowest BCUT2D eigenvalue weighted by Gasteiger charge is -2.18. The molecular formula is C69H132O6. The van der Waals surface area contributed by atoms with Gasteiger partial charge in [0.15, 0.2) is 6.10 Å². The molecule has 0 rings (SSSR count). The topological polar surface area (TPSA) is 78.9 Å². The summed E-state index contributed by atoms with van der Waals surface area (Å²) in [5.41, 5.74) is 0. The Bertz CT molecular complexity index is 1170. The van der Waals surface area contributed by atoms with Gasteiger partial charge in [0.25, 0.3) is 0 Å². The first kappa shape index (κ1) is 73.2. The molecule has 0 aromatic rings. The summed E-state index contributed by atoms with van der Waals surface area (Å²) in [5.74, 6) is -0.843. The van der Waals surface area contributed by atoms with Gasteiger partial charge >= 0.3 is 17.9 Å². The fourth-order valence-corrected chi connectivity index (χ4v) is 10.6. The third-order valence-electron chi connectivity index (χ3n) is 15.8. The van der Waals surface area contributed by atoms with Gasteiger partial charge in [0.05, 0.1) is 0 Å². The van der Waals surface area contributed by atoms with Crippen molar-refractivity contribution in [1.29, 1.82) is 0 Å². The first-order chi connectivity index (χ1) is 37.0. The second-order valence-corrected chi connectivity index (χ2v) is 23.5. The average Bonchev–Trinajstić information content (AvgIpc) is 3.41. The Kier molecular flexibility index (Phi) is 63.1. The molecule has 0 aliphatic carbocycles. The van der Waals surface area contributed by atoms with E-state index < -0.39 is 6.10 Å². The van der Waals surface area contributed by atoms with Crippen molar-refractivity contribution in [3.05, 3.63) is 12.2 Å². The van der Waals surface area contributed by atoms with Crippen LogP contribution in [-0.4, -0.2) is 37.2 Å². The van der Waals surface area contributed by atoms with Crippen molar-refractivity contribution < 1.29 is 28.6 Å². The summed E-state index contributed by atoms with van der Waals surface area (Å²) in [6, 6.07) is 0. The molecule has 6 heteroatoms. The summed E-state index contributed by atoms with van der Waals surface area (Å²) in [7, 11) is 0. The summed E-state index contributed by atoms with van der Waals surface area (Å²) in [5, 5.41) is 0. The molecule has 0 aliphatic heterocycles. The Morgan fingerprint density at radius 2 is 0.440 bits per heavy atom. The highest BCUT2D eigenvalue weighted by atomic mass is 16.6. The number of unbranched alkanes of at least 4 members (excludes halogenated alkanes) is 51. The van der Waals surface area contributed by atoms with Gasteiger partial charge in [-0.15, -0.1) is 0 Å². The van der Waals surface area contributed by atoms with Gasteiger partial charge in [-0.3, -0.25) is 14.4 Å². The van der Waals surface area contributed by atoms with E-state index in [0.29, 0.717) is 19.3 Å². The van der Waals surface area contributed by atoms with Crippen LogP contribution >= 0.6 is 0 Å². The number of rotatable bonds is 64. The number of allylic oxidation sites excluding steroid dienone is 2. The van der Waals surface area contributed by atoms with E-state index in [1.807, 2.05) is 0 Å². The third-order valence-corrected chi connectivity index (χ3v) is 15.8. The maximum absolute atomic E-state index is 12.9. The summed E-state index contributed by atoms with van der Waals surface area (Å²) >= 11 is 0. The molecule has 0 aromatic carbocycles. The number of ether oxygens (including phenoxy) is 3. The number of carbonyl (C=O) groups excluding carboxylic acids is 3. The third kappa shape index (κ3) is 62.9. The molecule has 1 unspecified atom stereocenters. The van der Waals surface area contributed by atoms with Crippen LogP contribution in [0.15, 0.2) is 12.2 Å². The first-order valence-corrected chi connectivity index (χ1v) is 34.2. The van der Waals surface area contributed by atoms with Gasteiger partial charge < -0.3 is 14.2 Å². The lowest BCUT2D eigenvalue weighted by molar-refractivity contribution is -0.167. The minimum Gasteiger partial charge on any atom is -0.462 e.